The summed E-state index contributed by atoms with van der Waals surface area (Å²) in [5.41, 5.74) is -0.451. The highest BCUT2D eigenvalue weighted by molar-refractivity contribution is 5.68. The summed E-state index contributed by atoms with van der Waals surface area (Å²) in [4.78, 5) is 20.4. The quantitative estimate of drug-likeness (QED) is 0.819. The van der Waals surface area contributed by atoms with E-state index < -0.39 is 5.60 Å². The van der Waals surface area contributed by atoms with Crippen molar-refractivity contribution in [3.8, 4) is 5.82 Å². The van der Waals surface area contributed by atoms with E-state index in [1.165, 1.54) is 0 Å². The summed E-state index contributed by atoms with van der Waals surface area (Å²) in [5.74, 6) is 2.55. The Hall–Kier alpha value is -2.64. The first-order valence-electron chi connectivity index (χ1n) is 8.94. The minimum absolute atomic E-state index is 0.206. The maximum absolute atomic E-state index is 12.3. The van der Waals surface area contributed by atoms with Gasteiger partial charge in [-0.15, -0.1) is 10.2 Å². The molecular formula is C18H24N6O2. The van der Waals surface area contributed by atoms with E-state index in [4.69, 9.17) is 4.74 Å². The largest absolute Gasteiger partial charge is 0.444 e. The third-order valence-corrected chi connectivity index (χ3v) is 4.87. The summed E-state index contributed by atoms with van der Waals surface area (Å²) in [6, 6.07) is 3.94. The van der Waals surface area contributed by atoms with Crippen LogP contribution in [0.2, 0.25) is 0 Å². The van der Waals surface area contributed by atoms with Crippen LogP contribution in [-0.4, -0.2) is 62.5 Å². The van der Waals surface area contributed by atoms with Crippen LogP contribution in [0.25, 0.3) is 5.82 Å². The summed E-state index contributed by atoms with van der Waals surface area (Å²) in [6.45, 7) is 8.97. The average molecular weight is 356 g/mol. The zero-order chi connectivity index (χ0) is 18.3. The smallest absolute Gasteiger partial charge is 0.410 e. The predicted octanol–water partition coefficient (Wildman–Crippen LogP) is 1.97. The highest BCUT2D eigenvalue weighted by Gasteiger charge is 2.43. The Kier molecular flexibility index (Phi) is 4.05. The van der Waals surface area contributed by atoms with Crippen LogP contribution in [0.5, 0.6) is 0 Å². The number of fused-ring (bicyclic) bond motifs is 1. The van der Waals surface area contributed by atoms with Crippen molar-refractivity contribution in [2.75, 3.05) is 31.1 Å². The van der Waals surface area contributed by atoms with Gasteiger partial charge < -0.3 is 14.5 Å². The summed E-state index contributed by atoms with van der Waals surface area (Å²) in [7, 11) is 0. The Morgan fingerprint density at radius 3 is 2.27 bits per heavy atom. The molecule has 4 heterocycles. The number of aromatic nitrogens is 4. The van der Waals surface area contributed by atoms with E-state index in [0.717, 1.165) is 37.8 Å². The molecule has 4 rings (SSSR count). The number of rotatable bonds is 2. The molecule has 1 amide bonds. The van der Waals surface area contributed by atoms with Gasteiger partial charge in [0.1, 0.15) is 11.9 Å². The molecule has 2 aromatic heterocycles. The molecule has 26 heavy (non-hydrogen) atoms. The molecule has 2 aliphatic heterocycles. The zero-order valence-electron chi connectivity index (χ0n) is 15.4. The van der Waals surface area contributed by atoms with E-state index in [1.54, 1.807) is 12.5 Å². The molecule has 0 spiro atoms. The monoisotopic (exact) mass is 356 g/mol. The Balaban J connectivity index is 1.37. The summed E-state index contributed by atoms with van der Waals surface area (Å²) < 4.78 is 7.32. The molecule has 2 atom stereocenters. The lowest BCUT2D eigenvalue weighted by Gasteiger charge is -2.26. The number of imidazole rings is 1. The van der Waals surface area contributed by atoms with Gasteiger partial charge in [0.2, 0.25) is 0 Å². The Labute approximate surface area is 152 Å². The molecule has 0 bridgehead atoms. The summed E-state index contributed by atoms with van der Waals surface area (Å²) in [6.07, 6.45) is 5.06. The Morgan fingerprint density at radius 1 is 1.08 bits per heavy atom. The van der Waals surface area contributed by atoms with Crippen molar-refractivity contribution in [3.05, 3.63) is 30.9 Å². The lowest BCUT2D eigenvalue weighted by molar-refractivity contribution is 0.0282. The van der Waals surface area contributed by atoms with E-state index >= 15 is 0 Å². The first-order valence-corrected chi connectivity index (χ1v) is 8.94. The van der Waals surface area contributed by atoms with Gasteiger partial charge in [0.15, 0.2) is 11.6 Å². The van der Waals surface area contributed by atoms with Gasteiger partial charge in [-0.1, -0.05) is 0 Å². The SMILES string of the molecule is CC(C)(C)OC(=O)N1C[C@H]2CN(c3ccc(-n4ccnc4)nn3)C[C@@H]2C1. The number of carbonyl (C=O) groups excluding carboxylic acids is 1. The van der Waals surface area contributed by atoms with Gasteiger partial charge in [-0.3, -0.25) is 4.57 Å². The van der Waals surface area contributed by atoms with Crippen LogP contribution in [0.4, 0.5) is 10.6 Å². The fourth-order valence-electron chi connectivity index (χ4n) is 3.67. The van der Waals surface area contributed by atoms with Gasteiger partial charge in [-0.05, 0) is 32.9 Å². The van der Waals surface area contributed by atoms with Crippen LogP contribution in [-0.2, 0) is 4.74 Å². The number of likely N-dealkylation sites (tertiary alicyclic amines) is 1. The van der Waals surface area contributed by atoms with Gasteiger partial charge in [0, 0.05) is 50.4 Å². The fourth-order valence-corrected chi connectivity index (χ4v) is 3.67. The minimum atomic E-state index is -0.451. The van der Waals surface area contributed by atoms with Gasteiger partial charge in [0.05, 0.1) is 0 Å². The van der Waals surface area contributed by atoms with Gasteiger partial charge in [-0.2, -0.15) is 0 Å². The molecule has 2 fully saturated rings. The van der Waals surface area contributed by atoms with Crippen molar-refractivity contribution >= 4 is 11.9 Å². The number of amides is 1. The first-order chi connectivity index (χ1) is 12.4. The van der Waals surface area contributed by atoms with Crippen molar-refractivity contribution < 1.29 is 9.53 Å². The Morgan fingerprint density at radius 2 is 1.73 bits per heavy atom. The van der Waals surface area contributed by atoms with Gasteiger partial charge >= 0.3 is 6.09 Å². The normalized spacial score (nSPS) is 22.6. The van der Waals surface area contributed by atoms with Crippen LogP contribution in [0.3, 0.4) is 0 Å². The molecule has 0 saturated carbocycles. The van der Waals surface area contributed by atoms with Crippen molar-refractivity contribution in [1.82, 2.24) is 24.6 Å². The average Bonchev–Trinajstić information content (AvgIpc) is 3.29. The molecule has 2 saturated heterocycles. The number of hydrogen-bond acceptors (Lipinski definition) is 6. The molecule has 0 unspecified atom stereocenters. The zero-order valence-corrected chi connectivity index (χ0v) is 15.4. The van der Waals surface area contributed by atoms with Crippen molar-refractivity contribution in [2.24, 2.45) is 11.8 Å². The topological polar surface area (TPSA) is 76.4 Å². The first kappa shape index (κ1) is 16.8. The van der Waals surface area contributed by atoms with Gasteiger partial charge in [-0.25, -0.2) is 9.78 Å². The van der Waals surface area contributed by atoms with Gasteiger partial charge in [0.25, 0.3) is 0 Å². The summed E-state index contributed by atoms with van der Waals surface area (Å²) >= 11 is 0. The van der Waals surface area contributed by atoms with Crippen molar-refractivity contribution in [1.29, 1.82) is 0 Å². The van der Waals surface area contributed by atoms with Crippen LogP contribution in [0.15, 0.2) is 30.9 Å². The third kappa shape index (κ3) is 3.36. The van der Waals surface area contributed by atoms with E-state index in [0.29, 0.717) is 11.8 Å². The second kappa shape index (κ2) is 6.26. The van der Waals surface area contributed by atoms with Crippen LogP contribution in [0, 0.1) is 11.8 Å². The van der Waals surface area contributed by atoms with Crippen molar-refractivity contribution in [2.45, 2.75) is 26.4 Å². The molecule has 0 aliphatic carbocycles. The van der Waals surface area contributed by atoms with Crippen LogP contribution >= 0.6 is 0 Å². The number of nitrogens with zero attached hydrogens (tertiary/aromatic N) is 6. The number of ether oxygens (including phenoxy) is 1. The van der Waals surface area contributed by atoms with E-state index in [-0.39, 0.29) is 6.09 Å². The summed E-state index contributed by atoms with van der Waals surface area (Å²) in [5, 5.41) is 8.66. The lowest BCUT2D eigenvalue weighted by Crippen LogP contribution is -2.37. The molecule has 0 aromatic carbocycles. The molecule has 2 aliphatic rings. The Bertz CT molecular complexity index is 754. The standard InChI is InChI=1S/C18H24N6O2/c1-18(2,3)26-17(25)24-10-13-8-23(9-14(13)11-24)16-5-4-15(20-21-16)22-7-6-19-12-22/h4-7,12-14H,8-11H2,1-3H3/t13-,14-/m1/s1. The number of anilines is 1. The highest BCUT2D eigenvalue weighted by atomic mass is 16.6. The second-order valence-corrected chi connectivity index (χ2v) is 8.03. The highest BCUT2D eigenvalue weighted by Crippen LogP contribution is 2.33. The maximum atomic E-state index is 12.3. The minimum Gasteiger partial charge on any atom is -0.444 e. The predicted molar refractivity (Wildman–Crippen MR) is 96.2 cm³/mol. The molecule has 0 radical (unpaired) electrons. The van der Waals surface area contributed by atoms with Crippen LogP contribution in [0.1, 0.15) is 20.8 Å². The number of hydrogen-bond donors (Lipinski definition) is 0. The van der Waals surface area contributed by atoms with Crippen LogP contribution < -0.4 is 4.90 Å². The number of carbonyl (C=O) groups is 1. The van der Waals surface area contributed by atoms with Crippen molar-refractivity contribution in [3.63, 3.8) is 0 Å². The molecule has 8 heteroatoms. The molecule has 138 valence electrons. The molecular weight excluding hydrogens is 332 g/mol. The molecule has 8 nitrogen and oxygen atoms in total. The second-order valence-electron chi connectivity index (χ2n) is 8.03. The third-order valence-electron chi connectivity index (χ3n) is 4.87. The van der Waals surface area contributed by atoms with E-state index in [2.05, 4.69) is 20.1 Å². The maximum Gasteiger partial charge on any atom is 0.410 e. The fraction of sp³-hybridized carbons (Fsp3) is 0.556. The molecule has 2 aromatic rings. The van der Waals surface area contributed by atoms with E-state index in [1.807, 2.05) is 48.6 Å². The van der Waals surface area contributed by atoms with E-state index in [9.17, 15) is 4.79 Å². The lowest BCUT2D eigenvalue weighted by atomic mass is 10.0. The molecule has 0 N–H and O–H groups in total.